The normalized spacial score (nSPS) is 16.1. The molecule has 0 radical (unpaired) electrons. The zero-order valence-corrected chi connectivity index (χ0v) is 16.4. The van der Waals surface area contributed by atoms with Gasteiger partial charge in [0.05, 0.1) is 5.60 Å². The Bertz CT molecular complexity index is 1050. The molecule has 1 fully saturated rings. The molecule has 4 rings (SSSR count). The van der Waals surface area contributed by atoms with Crippen molar-refractivity contribution in [3.8, 4) is 5.75 Å². The molecular weight excluding hydrogens is 373 g/mol. The van der Waals surface area contributed by atoms with Crippen LogP contribution in [0.25, 0.3) is 10.9 Å². The van der Waals surface area contributed by atoms with Crippen molar-refractivity contribution in [1.82, 2.24) is 4.98 Å². The van der Waals surface area contributed by atoms with Gasteiger partial charge in [-0.3, -0.25) is 4.79 Å². The first-order valence-corrected chi connectivity index (χ1v) is 9.85. The van der Waals surface area contributed by atoms with Crippen LogP contribution in [0, 0.1) is 5.82 Å². The molecule has 0 bridgehead atoms. The molecule has 0 unspecified atom stereocenters. The van der Waals surface area contributed by atoms with E-state index in [-0.39, 0.29) is 11.4 Å². The van der Waals surface area contributed by atoms with Gasteiger partial charge in [-0.2, -0.15) is 0 Å². The van der Waals surface area contributed by atoms with E-state index in [0.29, 0.717) is 45.0 Å². The van der Waals surface area contributed by atoms with Crippen LogP contribution >= 0.6 is 0 Å². The fourth-order valence-electron chi connectivity index (χ4n) is 3.86. The lowest BCUT2D eigenvalue weighted by Gasteiger charge is -2.37. The Balaban J connectivity index is 1.56. The Hall–Kier alpha value is -2.70. The van der Waals surface area contributed by atoms with Crippen LogP contribution in [0.4, 0.5) is 4.39 Å². The number of fused-ring (bicyclic) bond motifs is 1. The summed E-state index contributed by atoms with van der Waals surface area (Å²) < 4.78 is 31.8. The van der Waals surface area contributed by atoms with Gasteiger partial charge in [0.25, 0.3) is 0 Å². The summed E-state index contributed by atoms with van der Waals surface area (Å²) in [6.07, 6.45) is 1.37. The Morgan fingerprint density at radius 2 is 1.93 bits per heavy atom. The third-order valence-electron chi connectivity index (χ3n) is 5.31. The van der Waals surface area contributed by atoms with E-state index in [4.69, 9.17) is 14.2 Å². The van der Waals surface area contributed by atoms with Crippen LogP contribution in [-0.4, -0.2) is 24.8 Å². The Morgan fingerprint density at radius 1 is 1.10 bits per heavy atom. The van der Waals surface area contributed by atoms with Crippen LogP contribution in [0.15, 0.2) is 53.3 Å². The highest BCUT2D eigenvalue weighted by Crippen LogP contribution is 2.38. The minimum absolute atomic E-state index is 0.134. The highest BCUT2D eigenvalue weighted by molar-refractivity contribution is 5.78. The van der Waals surface area contributed by atoms with Crippen molar-refractivity contribution >= 4 is 10.9 Å². The third kappa shape index (κ3) is 4.33. The molecule has 1 N–H and O–H groups in total. The average Bonchev–Trinajstić information content (AvgIpc) is 2.73. The number of nitrogens with one attached hydrogen (secondary N) is 1. The maximum atomic E-state index is 14.4. The van der Waals surface area contributed by atoms with E-state index in [1.807, 2.05) is 31.2 Å². The van der Waals surface area contributed by atoms with Crippen LogP contribution in [0.5, 0.6) is 5.75 Å². The van der Waals surface area contributed by atoms with Crippen molar-refractivity contribution in [3.63, 3.8) is 0 Å². The Kier molecular flexibility index (Phi) is 5.65. The van der Waals surface area contributed by atoms with Crippen molar-refractivity contribution < 1.29 is 18.6 Å². The molecule has 1 aliphatic heterocycles. The molecule has 0 spiro atoms. The number of pyridine rings is 1. The molecule has 1 saturated heterocycles. The SMILES string of the molecule is CCOC1(c2cc(F)cc(OCc3ccc4[nH]c(=O)ccc4c3)c2)CCOCC1. The number of ether oxygens (including phenoxy) is 3. The largest absolute Gasteiger partial charge is 0.489 e. The van der Waals surface area contributed by atoms with Gasteiger partial charge in [0.1, 0.15) is 18.2 Å². The maximum Gasteiger partial charge on any atom is 0.248 e. The first kappa shape index (κ1) is 19.6. The summed E-state index contributed by atoms with van der Waals surface area (Å²) in [6.45, 7) is 3.97. The molecule has 1 aromatic heterocycles. The summed E-state index contributed by atoms with van der Waals surface area (Å²) in [5.41, 5.74) is 1.81. The van der Waals surface area contributed by atoms with Crippen molar-refractivity contribution in [3.05, 3.63) is 75.8 Å². The molecule has 152 valence electrons. The number of halogens is 1. The molecule has 0 atom stereocenters. The molecule has 3 aromatic rings. The minimum Gasteiger partial charge on any atom is -0.489 e. The van der Waals surface area contributed by atoms with Gasteiger partial charge in [0, 0.05) is 50.3 Å². The molecule has 0 aliphatic carbocycles. The molecule has 2 aromatic carbocycles. The van der Waals surface area contributed by atoms with Gasteiger partial charge in [0.15, 0.2) is 0 Å². The van der Waals surface area contributed by atoms with E-state index < -0.39 is 5.60 Å². The summed E-state index contributed by atoms with van der Waals surface area (Å²) in [5.74, 6) is 0.117. The van der Waals surface area contributed by atoms with Gasteiger partial charge in [0.2, 0.25) is 5.56 Å². The van der Waals surface area contributed by atoms with Gasteiger partial charge < -0.3 is 19.2 Å². The zero-order chi connectivity index (χ0) is 20.3. The topological polar surface area (TPSA) is 60.5 Å². The fourth-order valence-corrected chi connectivity index (χ4v) is 3.86. The number of benzene rings is 2. The molecule has 0 amide bonds. The molecule has 6 heteroatoms. The lowest BCUT2D eigenvalue weighted by Crippen LogP contribution is -2.36. The smallest absolute Gasteiger partial charge is 0.248 e. The third-order valence-corrected chi connectivity index (χ3v) is 5.31. The van der Waals surface area contributed by atoms with Gasteiger partial charge in [-0.05, 0) is 53.8 Å². The van der Waals surface area contributed by atoms with Gasteiger partial charge >= 0.3 is 0 Å². The second-order valence-electron chi connectivity index (χ2n) is 7.25. The highest BCUT2D eigenvalue weighted by atomic mass is 19.1. The van der Waals surface area contributed by atoms with Crippen molar-refractivity contribution in [2.45, 2.75) is 32.0 Å². The number of aromatic amines is 1. The number of hydrogen-bond acceptors (Lipinski definition) is 4. The van der Waals surface area contributed by atoms with E-state index in [1.54, 1.807) is 6.07 Å². The quantitative estimate of drug-likeness (QED) is 0.674. The first-order valence-electron chi connectivity index (χ1n) is 9.85. The second-order valence-corrected chi connectivity index (χ2v) is 7.25. The average molecular weight is 397 g/mol. The lowest BCUT2D eigenvalue weighted by atomic mass is 9.86. The summed E-state index contributed by atoms with van der Waals surface area (Å²) in [5, 5.41) is 0.920. The summed E-state index contributed by atoms with van der Waals surface area (Å²) >= 11 is 0. The van der Waals surface area contributed by atoms with E-state index in [2.05, 4.69) is 4.98 Å². The van der Waals surface area contributed by atoms with Gasteiger partial charge in [-0.25, -0.2) is 4.39 Å². The predicted octanol–water partition coefficient (Wildman–Crippen LogP) is 4.29. The van der Waals surface area contributed by atoms with E-state index in [0.717, 1.165) is 22.0 Å². The molecule has 1 aliphatic rings. The van der Waals surface area contributed by atoms with Crippen molar-refractivity contribution in [1.29, 1.82) is 0 Å². The fraction of sp³-hybridized carbons (Fsp3) is 0.348. The van der Waals surface area contributed by atoms with E-state index in [1.165, 1.54) is 18.2 Å². The number of aromatic nitrogens is 1. The summed E-state index contributed by atoms with van der Waals surface area (Å²) in [4.78, 5) is 14.2. The molecular formula is C23H24FNO4. The standard InChI is InChI=1S/C23H24FNO4/c1-2-29-23(7-9-27-10-8-23)18-12-19(24)14-20(13-18)28-15-16-3-5-21-17(11-16)4-6-22(26)25-21/h3-6,11-14H,2,7-10,15H2,1H3,(H,25,26). The van der Waals surface area contributed by atoms with Crippen LogP contribution < -0.4 is 10.3 Å². The highest BCUT2D eigenvalue weighted by Gasteiger charge is 2.36. The monoisotopic (exact) mass is 397 g/mol. The second kappa shape index (κ2) is 8.35. The predicted molar refractivity (Wildman–Crippen MR) is 109 cm³/mol. The van der Waals surface area contributed by atoms with Crippen LogP contribution in [0.1, 0.15) is 30.9 Å². The summed E-state index contributed by atoms with van der Waals surface area (Å²) in [6, 6.07) is 13.7. The number of hydrogen-bond donors (Lipinski definition) is 1. The summed E-state index contributed by atoms with van der Waals surface area (Å²) in [7, 11) is 0. The van der Waals surface area contributed by atoms with Crippen molar-refractivity contribution in [2.75, 3.05) is 19.8 Å². The van der Waals surface area contributed by atoms with Crippen LogP contribution in [-0.2, 0) is 21.7 Å². The molecule has 2 heterocycles. The minimum atomic E-state index is -0.540. The lowest BCUT2D eigenvalue weighted by molar-refractivity contribution is -0.113. The van der Waals surface area contributed by atoms with E-state index >= 15 is 0 Å². The van der Waals surface area contributed by atoms with Crippen molar-refractivity contribution in [2.24, 2.45) is 0 Å². The first-order chi connectivity index (χ1) is 14.1. The molecule has 5 nitrogen and oxygen atoms in total. The van der Waals surface area contributed by atoms with Crippen LogP contribution in [0.2, 0.25) is 0 Å². The molecule has 0 saturated carbocycles. The Labute approximate surface area is 168 Å². The number of H-pyrrole nitrogens is 1. The molecule has 29 heavy (non-hydrogen) atoms. The number of rotatable bonds is 6. The van der Waals surface area contributed by atoms with Gasteiger partial charge in [-0.1, -0.05) is 6.07 Å². The zero-order valence-electron chi connectivity index (χ0n) is 16.4. The maximum absolute atomic E-state index is 14.4. The van der Waals surface area contributed by atoms with Crippen LogP contribution in [0.3, 0.4) is 0 Å². The Morgan fingerprint density at radius 3 is 2.72 bits per heavy atom. The van der Waals surface area contributed by atoms with E-state index in [9.17, 15) is 9.18 Å². The van der Waals surface area contributed by atoms with Gasteiger partial charge in [-0.15, -0.1) is 0 Å².